The van der Waals surface area contributed by atoms with Crippen LogP contribution in [0.2, 0.25) is 0 Å². The largest absolute Gasteiger partial charge is 0.458 e. The van der Waals surface area contributed by atoms with Crippen molar-refractivity contribution in [3.05, 3.63) is 70.8 Å². The molecule has 8 rings (SSSR count). The molecule has 3 heterocycles. The molecule has 18 heteroatoms. The van der Waals surface area contributed by atoms with Crippen LogP contribution in [0.4, 0.5) is 22.0 Å². The second kappa shape index (κ2) is 9.66. The first-order valence-corrected chi connectivity index (χ1v) is 16.6. The molecule has 2 aromatic carbocycles. The zero-order valence-electron chi connectivity index (χ0n) is 22.4. The fraction of sp³-hybridized carbons (Fsp3) is 0.481. The lowest BCUT2D eigenvalue weighted by Crippen LogP contribution is -2.56. The summed E-state index contributed by atoms with van der Waals surface area (Å²) in [5, 5.41) is -7.94. The molecule has 11 nitrogen and oxygen atoms in total. The highest BCUT2D eigenvalue weighted by Crippen LogP contribution is 2.56. The zero-order chi connectivity index (χ0) is 32.4. The number of ether oxygens (including phenoxy) is 3. The van der Waals surface area contributed by atoms with Gasteiger partial charge in [-0.3, -0.25) is 14.1 Å². The van der Waals surface area contributed by atoms with Gasteiger partial charge in [-0.05, 0) is 28.7 Å². The van der Waals surface area contributed by atoms with E-state index in [1.54, 1.807) is 0 Å². The SMILES string of the molecule is O=C(OC1C2NS(=O)(=O)C3C2OC1C3C(=O)OC(C(F)(F)F)C(F)(F)S(=O)(=O)O)C1CC2c3ccccc3C1c1ccccc12. The van der Waals surface area contributed by atoms with Crippen LogP contribution in [0.25, 0.3) is 0 Å². The monoisotopic (exact) mass is 679 g/mol. The van der Waals surface area contributed by atoms with Crippen molar-refractivity contribution in [2.45, 2.75) is 65.4 Å². The van der Waals surface area contributed by atoms with Gasteiger partial charge in [-0.15, -0.1) is 0 Å². The predicted molar refractivity (Wildman–Crippen MR) is 139 cm³/mol. The average Bonchev–Trinajstić information content (AvgIpc) is 3.57. The highest BCUT2D eigenvalue weighted by molar-refractivity contribution is 7.90. The Morgan fingerprint density at radius 3 is 2.02 bits per heavy atom. The van der Waals surface area contributed by atoms with E-state index in [9.17, 15) is 48.4 Å². The van der Waals surface area contributed by atoms with Crippen molar-refractivity contribution >= 4 is 32.1 Å². The number of hydrogen-bond acceptors (Lipinski definition) is 9. The van der Waals surface area contributed by atoms with Crippen LogP contribution in [0.15, 0.2) is 48.5 Å². The van der Waals surface area contributed by atoms with Gasteiger partial charge in [0.25, 0.3) is 6.10 Å². The van der Waals surface area contributed by atoms with Gasteiger partial charge >= 0.3 is 33.5 Å². The van der Waals surface area contributed by atoms with Crippen molar-refractivity contribution in [2.75, 3.05) is 0 Å². The van der Waals surface area contributed by atoms with E-state index in [1.807, 2.05) is 48.5 Å². The minimum Gasteiger partial charge on any atom is -0.458 e. The van der Waals surface area contributed by atoms with Crippen LogP contribution in [-0.2, 0) is 43.9 Å². The number of sulfonamides is 1. The fourth-order valence-corrected chi connectivity index (χ4v) is 10.1. The van der Waals surface area contributed by atoms with Crippen molar-refractivity contribution < 1.29 is 67.1 Å². The predicted octanol–water partition coefficient (Wildman–Crippen LogP) is 2.22. The number of benzene rings is 2. The van der Waals surface area contributed by atoms with Gasteiger partial charge in [0.2, 0.25) is 10.0 Å². The van der Waals surface area contributed by atoms with Crippen LogP contribution < -0.4 is 4.72 Å². The van der Waals surface area contributed by atoms with E-state index in [1.165, 1.54) is 0 Å². The molecule has 0 saturated carbocycles. The first-order valence-electron chi connectivity index (χ1n) is 13.6. The molecule has 242 valence electrons. The highest BCUT2D eigenvalue weighted by Gasteiger charge is 2.74. The zero-order valence-corrected chi connectivity index (χ0v) is 24.1. The lowest BCUT2D eigenvalue weighted by molar-refractivity contribution is -0.261. The second-order valence-electron chi connectivity index (χ2n) is 11.7. The molecule has 3 aliphatic heterocycles. The molecular formula is C27H22F5NO10S2. The Balaban J connectivity index is 1.18. The molecule has 2 aromatic rings. The van der Waals surface area contributed by atoms with Crippen LogP contribution in [0, 0.1) is 11.8 Å². The number of carbonyl (C=O) groups excluding carboxylic acids is 2. The third-order valence-corrected chi connectivity index (χ3v) is 12.1. The third-order valence-electron chi connectivity index (χ3n) is 9.35. The summed E-state index contributed by atoms with van der Waals surface area (Å²) in [6.45, 7) is 0. The molecule has 45 heavy (non-hydrogen) atoms. The fourth-order valence-electron chi connectivity index (χ4n) is 7.62. The Bertz CT molecular complexity index is 1790. The summed E-state index contributed by atoms with van der Waals surface area (Å²) in [5.74, 6) is -6.59. The van der Waals surface area contributed by atoms with Gasteiger partial charge in [0.1, 0.15) is 23.4 Å². The topological polar surface area (TPSA) is 162 Å². The number of alkyl halides is 5. The van der Waals surface area contributed by atoms with E-state index in [4.69, 9.17) is 14.0 Å². The molecule has 4 bridgehead atoms. The maximum Gasteiger partial charge on any atom is 0.432 e. The standard InChI is InChI=1S/C27H22F5NO10S2/c28-26(29,30)25(27(31,32)45(38,39)40)43-24(35)17-19-20(18-21(41-19)22(17)44(36,37)33-18)42-23(34)15-9-14-10-5-1-3-7-12(10)16(15)13-8-4-2-6-11(13)14/h1-8,14-22,25,33H,9H2,(H,38,39,40). The van der Waals surface area contributed by atoms with Crippen molar-refractivity contribution in [2.24, 2.45) is 11.8 Å². The summed E-state index contributed by atoms with van der Waals surface area (Å²) >= 11 is 0. The molecular weight excluding hydrogens is 657 g/mol. The van der Waals surface area contributed by atoms with Gasteiger partial charge in [-0.2, -0.15) is 30.4 Å². The van der Waals surface area contributed by atoms with E-state index in [2.05, 4.69) is 9.46 Å². The molecule has 2 N–H and O–H groups in total. The molecule has 0 spiro atoms. The van der Waals surface area contributed by atoms with Crippen LogP contribution in [0.1, 0.15) is 40.5 Å². The Labute approximate surface area is 251 Å². The molecule has 8 unspecified atom stereocenters. The normalized spacial score (nSPS) is 34.6. The molecule has 6 aliphatic rings. The third kappa shape index (κ3) is 4.35. The summed E-state index contributed by atoms with van der Waals surface area (Å²) in [6, 6.07) is 13.8. The van der Waals surface area contributed by atoms with E-state index in [0.717, 1.165) is 22.3 Å². The Hall–Kier alpha value is -3.19. The lowest BCUT2D eigenvalue weighted by atomic mass is 9.59. The number of esters is 2. The summed E-state index contributed by atoms with van der Waals surface area (Å²) in [5.41, 5.74) is 3.84. The number of nitrogens with one attached hydrogen (secondary N) is 1. The lowest BCUT2D eigenvalue weighted by Gasteiger charge is -2.44. The van der Waals surface area contributed by atoms with Crippen molar-refractivity contribution in [3.63, 3.8) is 0 Å². The van der Waals surface area contributed by atoms with E-state index in [0.29, 0.717) is 6.42 Å². The van der Waals surface area contributed by atoms with Gasteiger partial charge < -0.3 is 14.2 Å². The molecule has 0 amide bonds. The van der Waals surface area contributed by atoms with Crippen molar-refractivity contribution in [1.29, 1.82) is 0 Å². The Morgan fingerprint density at radius 1 is 0.933 bits per heavy atom. The molecule has 0 radical (unpaired) electrons. The molecule has 3 saturated heterocycles. The highest BCUT2D eigenvalue weighted by atomic mass is 32.2. The van der Waals surface area contributed by atoms with Crippen LogP contribution in [-0.4, -0.2) is 80.5 Å². The number of halogens is 5. The first kappa shape index (κ1) is 30.5. The summed E-state index contributed by atoms with van der Waals surface area (Å²) in [6.07, 6.45) is -15.3. The summed E-state index contributed by atoms with van der Waals surface area (Å²) < 4.78 is 143. The van der Waals surface area contributed by atoms with Crippen molar-refractivity contribution in [1.82, 2.24) is 4.72 Å². The quantitative estimate of drug-likeness (QED) is 0.263. The summed E-state index contributed by atoms with van der Waals surface area (Å²) in [4.78, 5) is 26.8. The van der Waals surface area contributed by atoms with Crippen LogP contribution >= 0.6 is 0 Å². The first-order chi connectivity index (χ1) is 20.9. The second-order valence-corrected chi connectivity index (χ2v) is 15.0. The molecule has 0 aromatic heterocycles. The minimum absolute atomic E-state index is 0.169. The summed E-state index contributed by atoms with van der Waals surface area (Å²) in [7, 11) is -11.3. The number of rotatable bonds is 6. The number of hydrogen-bond donors (Lipinski definition) is 2. The van der Waals surface area contributed by atoms with Gasteiger partial charge in [-0.25, -0.2) is 13.1 Å². The number of carbonyl (C=O) groups is 2. The number of fused-ring (bicyclic) bond motifs is 2. The Morgan fingerprint density at radius 2 is 1.49 bits per heavy atom. The van der Waals surface area contributed by atoms with Gasteiger partial charge in [0.05, 0.1) is 18.1 Å². The van der Waals surface area contributed by atoms with E-state index < -0.39 is 97.0 Å². The van der Waals surface area contributed by atoms with Gasteiger partial charge in [-0.1, -0.05) is 48.5 Å². The minimum atomic E-state index is -6.75. The van der Waals surface area contributed by atoms with Crippen molar-refractivity contribution in [3.8, 4) is 0 Å². The maximum atomic E-state index is 14.1. The maximum absolute atomic E-state index is 14.1. The molecule has 8 atom stereocenters. The van der Waals surface area contributed by atoms with Crippen LogP contribution in [0.3, 0.4) is 0 Å². The van der Waals surface area contributed by atoms with E-state index in [-0.39, 0.29) is 5.92 Å². The molecule has 3 aliphatic carbocycles. The van der Waals surface area contributed by atoms with E-state index >= 15 is 0 Å². The van der Waals surface area contributed by atoms with Crippen LogP contribution in [0.5, 0.6) is 0 Å². The van der Waals surface area contributed by atoms with Gasteiger partial charge in [0, 0.05) is 11.8 Å². The average molecular weight is 680 g/mol. The smallest absolute Gasteiger partial charge is 0.432 e. The van der Waals surface area contributed by atoms with Gasteiger partial charge in [0.15, 0.2) is 0 Å². The Kier molecular flexibility index (Phi) is 6.54. The molecule has 3 fully saturated rings.